The molecule has 2 atom stereocenters. The molecule has 0 bridgehead atoms. The monoisotopic (exact) mass is 198 g/mol. The molecule has 2 unspecified atom stereocenters. The number of nitrogens with one attached hydrogen (secondary N) is 1. The topological polar surface area (TPSA) is 53.6 Å². The Morgan fingerprint density at radius 1 is 1.43 bits per heavy atom. The van der Waals surface area contributed by atoms with E-state index in [-0.39, 0.29) is 0 Å². The number of hydrogen-bond donors (Lipinski definition) is 2. The van der Waals surface area contributed by atoms with Crippen molar-refractivity contribution in [2.24, 2.45) is 16.8 Å². The van der Waals surface area contributed by atoms with Crippen molar-refractivity contribution in [3.05, 3.63) is 0 Å². The van der Waals surface area contributed by atoms with Crippen LogP contribution >= 0.6 is 0 Å². The van der Waals surface area contributed by atoms with Gasteiger partial charge in [-0.15, -0.1) is 0 Å². The molecule has 0 aromatic rings. The Morgan fingerprint density at radius 3 is 2.57 bits per heavy atom. The van der Waals surface area contributed by atoms with E-state index >= 15 is 0 Å². The lowest BCUT2D eigenvalue weighted by Crippen LogP contribution is -2.50. The Morgan fingerprint density at radius 2 is 2.07 bits per heavy atom. The second-order valence-electron chi connectivity index (χ2n) is 4.13. The number of rotatable bonds is 1. The number of guanidine groups is 1. The molecule has 0 heterocycles. The quantitative estimate of drug-likeness (QED) is 0.285. The molecule has 0 saturated heterocycles. The largest absolute Gasteiger partial charge is 0.342 e. The summed E-state index contributed by atoms with van der Waals surface area (Å²) in [5.41, 5.74) is 2.65. The van der Waals surface area contributed by atoms with Gasteiger partial charge in [-0.05, 0) is 18.8 Å². The van der Waals surface area contributed by atoms with Crippen molar-refractivity contribution < 1.29 is 0 Å². The smallest absolute Gasteiger partial charge is 0.208 e. The minimum absolute atomic E-state index is 0.582. The molecular formula is C10H22N4. The van der Waals surface area contributed by atoms with E-state index in [2.05, 4.69) is 29.3 Å². The minimum atomic E-state index is 0.582. The number of hydrogen-bond acceptors (Lipinski definition) is 2. The Balaban J connectivity index is 2.61. The van der Waals surface area contributed by atoms with Gasteiger partial charge >= 0.3 is 0 Å². The van der Waals surface area contributed by atoms with Crippen molar-refractivity contribution in [3.8, 4) is 0 Å². The van der Waals surface area contributed by atoms with E-state index in [0.717, 1.165) is 11.9 Å². The van der Waals surface area contributed by atoms with Gasteiger partial charge in [0.25, 0.3) is 0 Å². The summed E-state index contributed by atoms with van der Waals surface area (Å²) in [4.78, 5) is 6.29. The lowest BCUT2D eigenvalue weighted by molar-refractivity contribution is 0.201. The number of nitrogens with two attached hydrogens (primary N) is 1. The van der Waals surface area contributed by atoms with E-state index < -0.39 is 0 Å². The van der Waals surface area contributed by atoms with Gasteiger partial charge in [0.05, 0.1) is 0 Å². The minimum Gasteiger partial charge on any atom is -0.342 e. The summed E-state index contributed by atoms with van der Waals surface area (Å²) in [5, 5.41) is 0. The summed E-state index contributed by atoms with van der Waals surface area (Å²) in [5.74, 6) is 6.93. The highest BCUT2D eigenvalue weighted by Crippen LogP contribution is 2.27. The number of hydrazine groups is 1. The molecule has 82 valence electrons. The third-order valence-corrected chi connectivity index (χ3v) is 3.24. The summed E-state index contributed by atoms with van der Waals surface area (Å²) in [7, 11) is 3.83. The summed E-state index contributed by atoms with van der Waals surface area (Å²) in [6.07, 6.45) is 5.25. The SMILES string of the molecule is CN=C(NN)N(C)C1CCCCC1C. The fourth-order valence-corrected chi connectivity index (χ4v) is 2.35. The van der Waals surface area contributed by atoms with E-state index in [4.69, 9.17) is 5.84 Å². The molecule has 0 aromatic heterocycles. The average molecular weight is 198 g/mol. The maximum atomic E-state index is 5.41. The molecule has 4 heteroatoms. The van der Waals surface area contributed by atoms with E-state index in [9.17, 15) is 0 Å². The summed E-state index contributed by atoms with van der Waals surface area (Å²) in [6, 6.07) is 0.582. The predicted molar refractivity (Wildman–Crippen MR) is 59.9 cm³/mol. The van der Waals surface area contributed by atoms with Crippen molar-refractivity contribution in [3.63, 3.8) is 0 Å². The van der Waals surface area contributed by atoms with Gasteiger partial charge in [-0.2, -0.15) is 0 Å². The van der Waals surface area contributed by atoms with Gasteiger partial charge in [0.15, 0.2) is 0 Å². The van der Waals surface area contributed by atoms with Crippen LogP contribution in [0.3, 0.4) is 0 Å². The Kier molecular flexibility index (Phi) is 4.20. The predicted octanol–water partition coefficient (Wildman–Crippen LogP) is 0.946. The lowest BCUT2D eigenvalue weighted by Gasteiger charge is -2.37. The average Bonchev–Trinajstić information content (AvgIpc) is 2.20. The standard InChI is InChI=1S/C10H22N4/c1-8-6-4-5-7-9(8)14(3)10(12-2)13-11/h8-9H,4-7,11H2,1-3H3,(H,12,13). The summed E-state index contributed by atoms with van der Waals surface area (Å²) >= 11 is 0. The molecule has 0 amide bonds. The molecule has 1 aliphatic carbocycles. The van der Waals surface area contributed by atoms with Crippen LogP contribution in [0.15, 0.2) is 4.99 Å². The first-order chi connectivity index (χ1) is 6.70. The van der Waals surface area contributed by atoms with Gasteiger partial charge in [0.1, 0.15) is 0 Å². The highest BCUT2D eigenvalue weighted by Gasteiger charge is 2.26. The summed E-state index contributed by atoms with van der Waals surface area (Å²) < 4.78 is 0. The summed E-state index contributed by atoms with van der Waals surface area (Å²) in [6.45, 7) is 2.31. The molecule has 0 aliphatic heterocycles. The van der Waals surface area contributed by atoms with E-state index in [1.807, 2.05) is 0 Å². The molecule has 3 N–H and O–H groups in total. The zero-order valence-electron chi connectivity index (χ0n) is 9.45. The highest BCUT2D eigenvalue weighted by atomic mass is 15.4. The molecule has 1 rings (SSSR count). The molecule has 0 aromatic carbocycles. The van der Waals surface area contributed by atoms with E-state index in [1.54, 1.807) is 7.05 Å². The van der Waals surface area contributed by atoms with Crippen LogP contribution in [0, 0.1) is 5.92 Å². The Labute approximate surface area is 86.5 Å². The third-order valence-electron chi connectivity index (χ3n) is 3.24. The molecule has 4 nitrogen and oxygen atoms in total. The fraction of sp³-hybridized carbons (Fsp3) is 0.900. The van der Waals surface area contributed by atoms with Crippen LogP contribution in [0.2, 0.25) is 0 Å². The van der Waals surface area contributed by atoms with Crippen LogP contribution in [0.25, 0.3) is 0 Å². The molecule has 0 spiro atoms. The second-order valence-corrected chi connectivity index (χ2v) is 4.13. The first-order valence-electron chi connectivity index (χ1n) is 5.37. The second kappa shape index (κ2) is 5.20. The van der Waals surface area contributed by atoms with Gasteiger partial charge < -0.3 is 4.90 Å². The fourth-order valence-electron chi connectivity index (χ4n) is 2.35. The van der Waals surface area contributed by atoms with Crippen molar-refractivity contribution in [2.75, 3.05) is 14.1 Å². The Bertz CT molecular complexity index is 202. The van der Waals surface area contributed by atoms with Crippen LogP contribution in [0.5, 0.6) is 0 Å². The van der Waals surface area contributed by atoms with Crippen molar-refractivity contribution in [2.45, 2.75) is 38.6 Å². The van der Waals surface area contributed by atoms with Gasteiger partial charge in [-0.25, -0.2) is 5.84 Å². The van der Waals surface area contributed by atoms with Gasteiger partial charge in [-0.3, -0.25) is 10.4 Å². The molecular weight excluding hydrogens is 176 g/mol. The van der Waals surface area contributed by atoms with E-state index in [0.29, 0.717) is 6.04 Å². The number of aliphatic imine (C=N–C) groups is 1. The first-order valence-corrected chi connectivity index (χ1v) is 5.37. The molecule has 0 radical (unpaired) electrons. The molecule has 1 saturated carbocycles. The zero-order chi connectivity index (χ0) is 10.6. The first kappa shape index (κ1) is 11.3. The van der Waals surface area contributed by atoms with E-state index in [1.165, 1.54) is 25.7 Å². The maximum Gasteiger partial charge on any atom is 0.208 e. The van der Waals surface area contributed by atoms with Gasteiger partial charge in [0.2, 0.25) is 5.96 Å². The van der Waals surface area contributed by atoms with Crippen molar-refractivity contribution in [1.29, 1.82) is 0 Å². The molecule has 1 aliphatic rings. The molecule has 14 heavy (non-hydrogen) atoms. The number of nitrogens with zero attached hydrogens (tertiary/aromatic N) is 2. The maximum absolute atomic E-state index is 5.41. The van der Waals surface area contributed by atoms with Crippen molar-refractivity contribution in [1.82, 2.24) is 10.3 Å². The third kappa shape index (κ3) is 2.38. The molecule has 1 fully saturated rings. The Hall–Kier alpha value is -0.770. The van der Waals surface area contributed by atoms with Crippen LogP contribution in [-0.4, -0.2) is 31.0 Å². The van der Waals surface area contributed by atoms with Crippen LogP contribution in [0.4, 0.5) is 0 Å². The van der Waals surface area contributed by atoms with Gasteiger partial charge in [-0.1, -0.05) is 19.8 Å². The lowest BCUT2D eigenvalue weighted by atomic mass is 9.85. The van der Waals surface area contributed by atoms with Crippen LogP contribution in [-0.2, 0) is 0 Å². The van der Waals surface area contributed by atoms with Crippen LogP contribution < -0.4 is 11.3 Å². The van der Waals surface area contributed by atoms with Crippen molar-refractivity contribution >= 4 is 5.96 Å². The van der Waals surface area contributed by atoms with Crippen LogP contribution in [0.1, 0.15) is 32.6 Å². The highest BCUT2D eigenvalue weighted by molar-refractivity contribution is 5.79. The normalized spacial score (nSPS) is 28.7. The zero-order valence-corrected chi connectivity index (χ0v) is 9.45. The van der Waals surface area contributed by atoms with Gasteiger partial charge in [0, 0.05) is 20.1 Å².